The number of aryl methyl sites for hydroxylation is 2. The molecule has 0 spiro atoms. The van der Waals surface area contributed by atoms with E-state index < -0.39 is 0 Å². The number of hydrogen-bond donors (Lipinski definition) is 1. The first-order chi connectivity index (χ1) is 12.0. The molecule has 1 N–H and O–H groups in total. The second kappa shape index (κ2) is 7.74. The Morgan fingerprint density at radius 2 is 1.60 bits per heavy atom. The van der Waals surface area contributed by atoms with E-state index in [-0.39, 0.29) is 0 Å². The summed E-state index contributed by atoms with van der Waals surface area (Å²) in [5, 5.41) is 0. The number of benzene rings is 2. The smallest absolute Gasteiger partial charge is 0.0522 e. The van der Waals surface area contributed by atoms with E-state index in [9.17, 15) is 0 Å². The molecule has 1 saturated heterocycles. The first kappa shape index (κ1) is 18.2. The van der Waals surface area contributed by atoms with Crippen LogP contribution < -0.4 is 9.62 Å². The summed E-state index contributed by atoms with van der Waals surface area (Å²) in [6, 6.07) is 11.2. The Balaban J connectivity index is 1.80. The van der Waals surface area contributed by atoms with Gasteiger partial charge in [-0.25, -0.2) is 0 Å². The third-order valence-electron chi connectivity index (χ3n) is 5.17. The van der Waals surface area contributed by atoms with E-state index in [1.165, 1.54) is 64.5 Å². The van der Waals surface area contributed by atoms with Gasteiger partial charge in [0.2, 0.25) is 0 Å². The molecule has 0 atom stereocenters. The molecule has 2 aromatic rings. The fraction of sp³-hybridized carbons (Fsp3) is 0.455. The Kier molecular flexibility index (Phi) is 5.63. The van der Waals surface area contributed by atoms with Crippen molar-refractivity contribution in [2.24, 2.45) is 0 Å². The average molecular weight is 355 g/mol. The Bertz CT molecular complexity index is 729. The Labute approximate surface area is 157 Å². The highest BCUT2D eigenvalue weighted by Crippen LogP contribution is 2.37. The van der Waals surface area contributed by atoms with E-state index in [1.54, 1.807) is 11.9 Å². The van der Waals surface area contributed by atoms with E-state index >= 15 is 0 Å². The summed E-state index contributed by atoms with van der Waals surface area (Å²) in [6.45, 7) is 13.6. The normalized spacial score (nSPS) is 14.4. The molecule has 0 bridgehead atoms. The average Bonchev–Trinajstić information content (AvgIpc) is 3.08. The quantitative estimate of drug-likeness (QED) is 0.621. The fourth-order valence-corrected chi connectivity index (χ4v) is 4.60. The largest absolute Gasteiger partial charge is 0.371 e. The molecule has 1 heterocycles. The molecular weight excluding hydrogens is 324 g/mol. The first-order valence-electron chi connectivity index (χ1n) is 9.36. The zero-order valence-corrected chi connectivity index (χ0v) is 17.0. The predicted octanol–water partition coefficient (Wildman–Crippen LogP) is 6.45. The first-order valence-corrected chi connectivity index (χ1v) is 10.2. The number of hydrogen-bond acceptors (Lipinski definition) is 3. The van der Waals surface area contributed by atoms with Gasteiger partial charge in [-0.05, 0) is 85.9 Å². The van der Waals surface area contributed by atoms with Gasteiger partial charge in [-0.15, -0.1) is 0 Å². The van der Waals surface area contributed by atoms with Gasteiger partial charge in [0.25, 0.3) is 0 Å². The molecule has 0 aliphatic carbocycles. The van der Waals surface area contributed by atoms with Gasteiger partial charge in [-0.3, -0.25) is 0 Å². The highest BCUT2D eigenvalue weighted by atomic mass is 32.2. The zero-order valence-electron chi connectivity index (χ0n) is 16.1. The molecule has 2 aromatic carbocycles. The molecule has 3 heteroatoms. The van der Waals surface area contributed by atoms with Crippen LogP contribution in [-0.4, -0.2) is 13.1 Å². The lowest BCUT2D eigenvalue weighted by atomic mass is 10.0. The summed E-state index contributed by atoms with van der Waals surface area (Å²) >= 11 is 1.71. The minimum Gasteiger partial charge on any atom is -0.371 e. The maximum atomic E-state index is 3.63. The van der Waals surface area contributed by atoms with Gasteiger partial charge >= 0.3 is 0 Å². The van der Waals surface area contributed by atoms with Gasteiger partial charge in [-0.1, -0.05) is 32.0 Å². The van der Waals surface area contributed by atoms with E-state index in [0.29, 0.717) is 5.92 Å². The van der Waals surface area contributed by atoms with Crippen molar-refractivity contribution in [1.82, 2.24) is 0 Å². The molecule has 0 saturated carbocycles. The minimum atomic E-state index is 0.580. The number of nitrogens with zero attached hydrogens (tertiary/aromatic N) is 1. The summed E-state index contributed by atoms with van der Waals surface area (Å²) in [7, 11) is 0. The van der Waals surface area contributed by atoms with Crippen molar-refractivity contribution in [3.63, 3.8) is 0 Å². The SMILES string of the molecule is Cc1cc(C)c(N2CCCC2)c(C)c1NSc1ccc(C(C)C)cc1. The van der Waals surface area contributed by atoms with Crippen molar-refractivity contribution in [2.45, 2.75) is 58.3 Å². The molecule has 1 fully saturated rings. The lowest BCUT2D eigenvalue weighted by Gasteiger charge is -2.26. The molecule has 1 aliphatic heterocycles. The molecule has 1 aliphatic rings. The molecule has 0 aromatic heterocycles. The summed E-state index contributed by atoms with van der Waals surface area (Å²) in [6.07, 6.45) is 2.62. The second-order valence-electron chi connectivity index (χ2n) is 7.48. The number of anilines is 2. The summed E-state index contributed by atoms with van der Waals surface area (Å²) in [5.74, 6) is 0.580. The third kappa shape index (κ3) is 3.98. The lowest BCUT2D eigenvalue weighted by molar-refractivity contribution is 0.865. The van der Waals surface area contributed by atoms with Crippen LogP contribution in [0.15, 0.2) is 35.2 Å². The summed E-state index contributed by atoms with van der Waals surface area (Å²) in [5.41, 5.74) is 8.19. The van der Waals surface area contributed by atoms with Crippen molar-refractivity contribution in [3.8, 4) is 0 Å². The Morgan fingerprint density at radius 1 is 0.960 bits per heavy atom. The van der Waals surface area contributed by atoms with E-state index in [2.05, 4.69) is 74.6 Å². The van der Waals surface area contributed by atoms with Crippen LogP contribution in [-0.2, 0) is 0 Å². The maximum absolute atomic E-state index is 3.63. The van der Waals surface area contributed by atoms with Gasteiger partial charge in [0.15, 0.2) is 0 Å². The number of nitrogens with one attached hydrogen (secondary N) is 1. The molecular formula is C22H30N2S. The second-order valence-corrected chi connectivity index (χ2v) is 8.36. The number of rotatable bonds is 5. The predicted molar refractivity (Wildman–Crippen MR) is 112 cm³/mol. The third-order valence-corrected chi connectivity index (χ3v) is 5.99. The molecule has 0 radical (unpaired) electrons. The Morgan fingerprint density at radius 3 is 2.20 bits per heavy atom. The van der Waals surface area contributed by atoms with Crippen LogP contribution in [0.2, 0.25) is 0 Å². The van der Waals surface area contributed by atoms with Crippen LogP contribution in [0.3, 0.4) is 0 Å². The van der Waals surface area contributed by atoms with E-state index in [0.717, 1.165) is 0 Å². The highest BCUT2D eigenvalue weighted by molar-refractivity contribution is 8.00. The van der Waals surface area contributed by atoms with Crippen molar-refractivity contribution in [2.75, 3.05) is 22.7 Å². The van der Waals surface area contributed by atoms with Gasteiger partial charge < -0.3 is 9.62 Å². The molecule has 134 valence electrons. The standard InChI is InChI=1S/C22H30N2S/c1-15(2)19-8-10-20(11-9-19)25-23-21-16(3)14-17(4)22(18(21)5)24-12-6-7-13-24/h8-11,14-15,23H,6-7,12-13H2,1-5H3. The van der Waals surface area contributed by atoms with E-state index in [1.807, 2.05) is 0 Å². The summed E-state index contributed by atoms with van der Waals surface area (Å²) in [4.78, 5) is 3.81. The van der Waals surface area contributed by atoms with Gasteiger partial charge in [0.05, 0.1) is 5.69 Å². The molecule has 0 amide bonds. The van der Waals surface area contributed by atoms with Crippen molar-refractivity contribution in [3.05, 3.63) is 52.6 Å². The molecule has 3 rings (SSSR count). The summed E-state index contributed by atoms with van der Waals surface area (Å²) < 4.78 is 3.63. The van der Waals surface area contributed by atoms with Crippen LogP contribution in [0, 0.1) is 20.8 Å². The molecule has 25 heavy (non-hydrogen) atoms. The maximum Gasteiger partial charge on any atom is 0.0522 e. The molecule has 0 unspecified atom stereocenters. The fourth-order valence-electron chi connectivity index (χ4n) is 3.79. The van der Waals surface area contributed by atoms with Crippen molar-refractivity contribution in [1.29, 1.82) is 0 Å². The van der Waals surface area contributed by atoms with Crippen molar-refractivity contribution >= 4 is 23.3 Å². The van der Waals surface area contributed by atoms with Crippen LogP contribution >= 0.6 is 11.9 Å². The topological polar surface area (TPSA) is 15.3 Å². The minimum absolute atomic E-state index is 0.580. The monoisotopic (exact) mass is 354 g/mol. The van der Waals surface area contributed by atoms with E-state index in [4.69, 9.17) is 0 Å². The van der Waals surface area contributed by atoms with Gasteiger partial charge in [0, 0.05) is 23.7 Å². The lowest BCUT2D eigenvalue weighted by Crippen LogP contribution is -2.20. The van der Waals surface area contributed by atoms with Gasteiger partial charge in [0.1, 0.15) is 0 Å². The van der Waals surface area contributed by atoms with Crippen LogP contribution in [0.1, 0.15) is 54.9 Å². The molecule has 2 nitrogen and oxygen atoms in total. The Hall–Kier alpha value is -1.61. The van der Waals surface area contributed by atoms with Gasteiger partial charge in [-0.2, -0.15) is 0 Å². The zero-order chi connectivity index (χ0) is 18.0. The van der Waals surface area contributed by atoms with Crippen LogP contribution in [0.25, 0.3) is 0 Å². The highest BCUT2D eigenvalue weighted by Gasteiger charge is 2.19. The van der Waals surface area contributed by atoms with Crippen LogP contribution in [0.5, 0.6) is 0 Å². The van der Waals surface area contributed by atoms with Crippen molar-refractivity contribution < 1.29 is 0 Å². The van der Waals surface area contributed by atoms with Crippen LogP contribution in [0.4, 0.5) is 11.4 Å².